The number of carboxylic acid groups (broad SMARTS) is 3. The average molecular weight is 813 g/mol. The third kappa shape index (κ3) is 20.2. The van der Waals surface area contributed by atoms with Gasteiger partial charge in [0, 0.05) is 43.4 Å². The van der Waals surface area contributed by atoms with E-state index < -0.39 is 140 Å². The third-order valence-electron chi connectivity index (χ3n) is 6.82. The van der Waals surface area contributed by atoms with E-state index in [1.807, 2.05) is 0 Å². The molecule has 0 saturated heterocycles. The zero-order chi connectivity index (χ0) is 40.8. The van der Waals surface area contributed by atoms with Crippen LogP contribution in [0.25, 0.3) is 0 Å². The molecule has 12 N–H and O–H groups in total. The molecular formula is C28H44N8O14S3. The molecule has 8 amide bonds. The van der Waals surface area contributed by atoms with E-state index in [9.17, 15) is 63.0 Å². The fraction of sp³-hybridized carbons (Fsp3) is 0.607. The molecule has 0 aromatic rings. The van der Waals surface area contributed by atoms with Crippen molar-refractivity contribution in [1.29, 1.82) is 0 Å². The number of primary amides is 1. The van der Waals surface area contributed by atoms with E-state index in [4.69, 9.17) is 10.8 Å². The first kappa shape index (κ1) is 48.2. The number of rotatable bonds is 26. The standard InChI is InChI=1S/C28H44N8O14S3/c1-12(37)31-13(26(45)46)2-5-21(40)33-17(10-52)24(43)36-15(28(49)50)4-7-22(41)34-18(11-53)25(44)35-14(27(47)48)3-6-20(39)32-16(9-51)23(42)30-8-19(29)38/h13-18,51-53H,2-11H2,1H3,(H2,29,38)(H,30,42)(H,31,37)(H,32,39)(H,33,40)(H,34,41)(H,35,44)(H,36,43)(H,45,46)(H,47,48)(H,49,50)/t13-,14-,15-,16-,17-,18-/m0/s1. The monoisotopic (exact) mass is 812 g/mol. The number of thiol groups is 3. The fourth-order valence-corrected chi connectivity index (χ4v) is 4.84. The van der Waals surface area contributed by atoms with E-state index in [-0.39, 0.29) is 23.7 Å². The number of hydrogen-bond acceptors (Lipinski definition) is 14. The van der Waals surface area contributed by atoms with Crippen molar-refractivity contribution in [3.05, 3.63) is 0 Å². The number of carbonyl (C=O) groups excluding carboxylic acids is 8. The molecule has 53 heavy (non-hydrogen) atoms. The van der Waals surface area contributed by atoms with Crippen LogP contribution in [-0.4, -0.2) is 141 Å². The highest BCUT2D eigenvalue weighted by atomic mass is 32.1. The third-order valence-corrected chi connectivity index (χ3v) is 7.92. The minimum absolute atomic E-state index is 0.173. The first-order valence-electron chi connectivity index (χ1n) is 15.6. The quantitative estimate of drug-likeness (QED) is 0.0364. The highest BCUT2D eigenvalue weighted by Gasteiger charge is 2.30. The fourth-order valence-electron chi connectivity index (χ4n) is 4.07. The Labute approximate surface area is 318 Å². The molecule has 0 aromatic carbocycles. The molecule has 0 bridgehead atoms. The average Bonchev–Trinajstić information content (AvgIpc) is 3.08. The number of amides is 8. The Bertz CT molecular complexity index is 1390. The normalized spacial score (nSPS) is 14.0. The summed E-state index contributed by atoms with van der Waals surface area (Å²) < 4.78 is 0. The Balaban J connectivity index is 5.17. The topological polar surface area (TPSA) is 359 Å². The molecule has 0 spiro atoms. The van der Waals surface area contributed by atoms with Crippen LogP contribution >= 0.6 is 37.9 Å². The lowest BCUT2D eigenvalue weighted by Crippen LogP contribution is -2.54. The Morgan fingerprint density at radius 3 is 1.06 bits per heavy atom. The predicted molar refractivity (Wildman–Crippen MR) is 192 cm³/mol. The molecule has 25 heteroatoms. The molecule has 0 heterocycles. The molecule has 6 atom stereocenters. The van der Waals surface area contributed by atoms with Crippen molar-refractivity contribution < 1.29 is 68.1 Å². The molecule has 0 aromatic heterocycles. The van der Waals surface area contributed by atoms with E-state index in [0.717, 1.165) is 6.92 Å². The van der Waals surface area contributed by atoms with Crippen LogP contribution < -0.4 is 43.0 Å². The number of hydrogen-bond donors (Lipinski definition) is 14. The summed E-state index contributed by atoms with van der Waals surface area (Å²) in [5.74, 6) is -12.0. The molecule has 0 unspecified atom stereocenters. The number of carboxylic acids is 3. The lowest BCUT2D eigenvalue weighted by atomic mass is 10.1. The van der Waals surface area contributed by atoms with Crippen molar-refractivity contribution >= 4 is 103 Å². The number of aliphatic carboxylic acids is 3. The van der Waals surface area contributed by atoms with Gasteiger partial charge < -0.3 is 58.3 Å². The SMILES string of the molecule is CC(=O)N[C@@H](CCC(=O)N[C@@H](CS)C(=O)N[C@@H](CCC(=O)N[C@@H](CS)C(=O)N[C@@H](CCC(=O)N[C@@H](CS)C(=O)NCC(N)=O)C(=O)O)C(=O)O)C(=O)O. The van der Waals surface area contributed by atoms with Crippen LogP contribution in [0.2, 0.25) is 0 Å². The molecule has 298 valence electrons. The minimum atomic E-state index is -1.66. The second-order valence-corrected chi connectivity index (χ2v) is 12.2. The summed E-state index contributed by atoms with van der Waals surface area (Å²) in [7, 11) is 0. The maximum atomic E-state index is 12.8. The lowest BCUT2D eigenvalue weighted by molar-refractivity contribution is -0.142. The van der Waals surface area contributed by atoms with Crippen LogP contribution in [-0.2, 0) is 52.7 Å². The molecule has 0 saturated carbocycles. The second kappa shape index (κ2) is 25.2. The van der Waals surface area contributed by atoms with E-state index in [1.54, 1.807) is 0 Å². The van der Waals surface area contributed by atoms with E-state index in [1.165, 1.54) is 0 Å². The molecule has 0 aliphatic rings. The summed E-state index contributed by atoms with van der Waals surface area (Å²) in [6.45, 7) is 0.597. The first-order chi connectivity index (χ1) is 24.7. The highest BCUT2D eigenvalue weighted by Crippen LogP contribution is 2.05. The summed E-state index contributed by atoms with van der Waals surface area (Å²) in [5, 5.41) is 43.8. The number of nitrogens with two attached hydrogens (primary N) is 1. The predicted octanol–water partition coefficient (Wildman–Crippen LogP) is -5.10. The van der Waals surface area contributed by atoms with Crippen molar-refractivity contribution in [3.8, 4) is 0 Å². The van der Waals surface area contributed by atoms with Gasteiger partial charge in [-0.15, -0.1) is 0 Å². The minimum Gasteiger partial charge on any atom is -0.480 e. The van der Waals surface area contributed by atoms with Gasteiger partial charge in [-0.05, 0) is 19.3 Å². The van der Waals surface area contributed by atoms with Gasteiger partial charge in [0.15, 0.2) is 0 Å². The van der Waals surface area contributed by atoms with Crippen LogP contribution in [0.3, 0.4) is 0 Å². The van der Waals surface area contributed by atoms with Crippen LogP contribution in [0.15, 0.2) is 0 Å². The van der Waals surface area contributed by atoms with Gasteiger partial charge in [-0.2, -0.15) is 37.9 Å². The summed E-state index contributed by atoms with van der Waals surface area (Å²) >= 11 is 11.9. The van der Waals surface area contributed by atoms with Crippen molar-refractivity contribution in [1.82, 2.24) is 37.2 Å². The largest absolute Gasteiger partial charge is 0.480 e. The molecule has 0 radical (unpaired) electrons. The maximum Gasteiger partial charge on any atom is 0.326 e. The van der Waals surface area contributed by atoms with Crippen LogP contribution in [0.4, 0.5) is 0 Å². The lowest BCUT2D eigenvalue weighted by Gasteiger charge is -2.22. The van der Waals surface area contributed by atoms with E-state index in [0.29, 0.717) is 0 Å². The zero-order valence-corrected chi connectivity index (χ0v) is 31.0. The van der Waals surface area contributed by atoms with Crippen LogP contribution in [0.1, 0.15) is 45.4 Å². The smallest absolute Gasteiger partial charge is 0.326 e. The van der Waals surface area contributed by atoms with Gasteiger partial charge in [-0.1, -0.05) is 0 Å². The van der Waals surface area contributed by atoms with E-state index in [2.05, 4.69) is 75.1 Å². The zero-order valence-electron chi connectivity index (χ0n) is 28.3. The molecule has 0 aliphatic heterocycles. The van der Waals surface area contributed by atoms with Crippen molar-refractivity contribution in [2.45, 2.75) is 81.7 Å². The maximum absolute atomic E-state index is 12.8. The van der Waals surface area contributed by atoms with Crippen LogP contribution in [0.5, 0.6) is 0 Å². The first-order valence-corrected chi connectivity index (χ1v) is 17.5. The Morgan fingerprint density at radius 2 is 0.792 bits per heavy atom. The Morgan fingerprint density at radius 1 is 0.491 bits per heavy atom. The van der Waals surface area contributed by atoms with Crippen molar-refractivity contribution in [2.24, 2.45) is 5.73 Å². The Kier molecular flexibility index (Phi) is 23.0. The van der Waals surface area contributed by atoms with E-state index >= 15 is 0 Å². The summed E-state index contributed by atoms with van der Waals surface area (Å²) in [4.78, 5) is 132. The van der Waals surface area contributed by atoms with Gasteiger partial charge in [0.2, 0.25) is 47.3 Å². The van der Waals surface area contributed by atoms with Gasteiger partial charge in [-0.3, -0.25) is 38.4 Å². The summed E-state index contributed by atoms with van der Waals surface area (Å²) in [5.41, 5.74) is 4.95. The highest BCUT2D eigenvalue weighted by molar-refractivity contribution is 7.80. The van der Waals surface area contributed by atoms with Gasteiger partial charge in [0.05, 0.1) is 6.54 Å². The molecule has 0 aliphatic carbocycles. The van der Waals surface area contributed by atoms with Gasteiger partial charge in [0.1, 0.15) is 36.3 Å². The van der Waals surface area contributed by atoms with Crippen LogP contribution in [0, 0.1) is 0 Å². The molecule has 22 nitrogen and oxygen atoms in total. The van der Waals surface area contributed by atoms with Gasteiger partial charge in [-0.25, -0.2) is 14.4 Å². The number of nitrogens with one attached hydrogen (secondary N) is 7. The molecule has 0 rings (SSSR count). The molecule has 0 fully saturated rings. The Hall–Kier alpha value is -4.78. The summed E-state index contributed by atoms with van der Waals surface area (Å²) in [6, 6.07) is -8.63. The summed E-state index contributed by atoms with van der Waals surface area (Å²) in [6.07, 6.45) is -2.72. The van der Waals surface area contributed by atoms with Gasteiger partial charge in [0.25, 0.3) is 0 Å². The van der Waals surface area contributed by atoms with Crippen molar-refractivity contribution in [3.63, 3.8) is 0 Å². The van der Waals surface area contributed by atoms with Crippen molar-refractivity contribution in [2.75, 3.05) is 23.8 Å². The second-order valence-electron chi connectivity index (χ2n) is 11.1. The molecular weight excluding hydrogens is 769 g/mol. The van der Waals surface area contributed by atoms with Gasteiger partial charge >= 0.3 is 17.9 Å². The number of carbonyl (C=O) groups is 11.